The largest absolute Gasteiger partial charge is 0.478 e. The zero-order valence-electron chi connectivity index (χ0n) is 12.5. The maximum absolute atomic E-state index is 12.3. The molecule has 1 amide bonds. The fraction of sp³-hybridized carbons (Fsp3) is 0.429. The van der Waals surface area contributed by atoms with Crippen molar-refractivity contribution in [3.05, 3.63) is 28.8 Å². The number of sulfone groups is 1. The normalized spacial score (nSPS) is 11.2. The Kier molecular flexibility index (Phi) is 5.11. The van der Waals surface area contributed by atoms with Crippen LogP contribution in [0.1, 0.15) is 28.4 Å². The molecule has 0 aromatic heterocycles. The third kappa shape index (κ3) is 3.81. The zero-order chi connectivity index (χ0) is 16.4. The van der Waals surface area contributed by atoms with E-state index < -0.39 is 27.5 Å². The minimum atomic E-state index is -3.87. The number of aromatic carboxylic acids is 1. The smallest absolute Gasteiger partial charge is 0.335 e. The van der Waals surface area contributed by atoms with Gasteiger partial charge in [0.1, 0.15) is 5.75 Å². The quantitative estimate of drug-likeness (QED) is 0.883. The summed E-state index contributed by atoms with van der Waals surface area (Å²) in [5.74, 6) is -2.38. The second-order valence-electron chi connectivity index (χ2n) is 4.90. The van der Waals surface area contributed by atoms with Crippen LogP contribution in [0.25, 0.3) is 0 Å². The van der Waals surface area contributed by atoms with Crippen LogP contribution in [-0.4, -0.2) is 49.6 Å². The monoisotopic (exact) mass is 313 g/mol. The van der Waals surface area contributed by atoms with Crippen LogP contribution in [0.4, 0.5) is 0 Å². The number of hydrogen-bond acceptors (Lipinski definition) is 4. The highest BCUT2D eigenvalue weighted by Gasteiger charge is 2.25. The first-order valence-corrected chi connectivity index (χ1v) is 8.06. The lowest BCUT2D eigenvalue weighted by atomic mass is 10.1. The Morgan fingerprint density at radius 1 is 1.19 bits per heavy atom. The van der Waals surface area contributed by atoms with Crippen molar-refractivity contribution in [3.8, 4) is 0 Å². The van der Waals surface area contributed by atoms with E-state index in [1.165, 1.54) is 18.0 Å². The second kappa shape index (κ2) is 6.26. The summed E-state index contributed by atoms with van der Waals surface area (Å²) in [6, 6.07) is 2.63. The van der Waals surface area contributed by atoms with Crippen molar-refractivity contribution in [3.63, 3.8) is 0 Å². The molecule has 6 nitrogen and oxygen atoms in total. The highest BCUT2D eigenvalue weighted by atomic mass is 32.2. The molecule has 0 bridgehead atoms. The first kappa shape index (κ1) is 17.2. The van der Waals surface area contributed by atoms with E-state index in [2.05, 4.69) is 0 Å². The van der Waals surface area contributed by atoms with E-state index in [1.807, 2.05) is 0 Å². The fourth-order valence-electron chi connectivity index (χ4n) is 1.92. The van der Waals surface area contributed by atoms with E-state index >= 15 is 0 Å². The van der Waals surface area contributed by atoms with Crippen molar-refractivity contribution >= 4 is 21.7 Å². The van der Waals surface area contributed by atoms with Gasteiger partial charge in [-0.15, -0.1) is 0 Å². The highest BCUT2D eigenvalue weighted by Crippen LogP contribution is 2.22. The van der Waals surface area contributed by atoms with E-state index in [-0.39, 0.29) is 10.5 Å². The van der Waals surface area contributed by atoms with E-state index in [1.54, 1.807) is 20.8 Å². The maximum atomic E-state index is 12.3. The summed E-state index contributed by atoms with van der Waals surface area (Å²) in [7, 11) is -2.36. The third-order valence-electron chi connectivity index (χ3n) is 3.30. The molecule has 0 saturated heterocycles. The molecule has 0 aliphatic carbocycles. The third-order valence-corrected chi connectivity index (χ3v) is 5.04. The number of carbonyl (C=O) groups is 2. The summed E-state index contributed by atoms with van der Waals surface area (Å²) in [6.07, 6.45) is 0. The van der Waals surface area contributed by atoms with Crippen molar-refractivity contribution in [2.75, 3.05) is 19.3 Å². The van der Waals surface area contributed by atoms with Crippen LogP contribution >= 0.6 is 0 Å². The minimum absolute atomic E-state index is 0.0736. The van der Waals surface area contributed by atoms with Crippen molar-refractivity contribution in [2.24, 2.45) is 0 Å². The van der Waals surface area contributed by atoms with E-state index in [9.17, 15) is 18.0 Å². The second-order valence-corrected chi connectivity index (χ2v) is 6.86. The van der Waals surface area contributed by atoms with Crippen LogP contribution in [0.2, 0.25) is 0 Å². The standard InChI is InChI=1S/C14H19NO5S/c1-5-15(4)13(16)8-21(19,20)12-7-11(14(17)18)9(2)6-10(12)3/h6-7H,5,8H2,1-4H3,(H,17,18). The van der Waals surface area contributed by atoms with E-state index in [4.69, 9.17) is 5.11 Å². The summed E-state index contributed by atoms with van der Waals surface area (Å²) >= 11 is 0. The Hall–Kier alpha value is -1.89. The Labute approximate surface area is 124 Å². The summed E-state index contributed by atoms with van der Waals surface area (Å²) in [6.45, 7) is 5.33. The molecule has 7 heteroatoms. The predicted molar refractivity (Wildman–Crippen MR) is 78.2 cm³/mol. The molecule has 21 heavy (non-hydrogen) atoms. The molecule has 116 valence electrons. The Balaban J connectivity index is 3.29. The van der Waals surface area contributed by atoms with Crippen molar-refractivity contribution in [1.29, 1.82) is 0 Å². The molecule has 0 spiro atoms. The van der Waals surface area contributed by atoms with Gasteiger partial charge in [0.15, 0.2) is 9.84 Å². The average Bonchev–Trinajstić information content (AvgIpc) is 2.36. The van der Waals surface area contributed by atoms with Gasteiger partial charge in [-0.1, -0.05) is 6.07 Å². The maximum Gasteiger partial charge on any atom is 0.335 e. The van der Waals surface area contributed by atoms with Gasteiger partial charge in [0.05, 0.1) is 10.5 Å². The number of nitrogens with zero attached hydrogens (tertiary/aromatic N) is 1. The van der Waals surface area contributed by atoms with Gasteiger partial charge < -0.3 is 10.0 Å². The van der Waals surface area contributed by atoms with Gasteiger partial charge in [-0.25, -0.2) is 13.2 Å². The van der Waals surface area contributed by atoms with Crippen molar-refractivity contribution in [2.45, 2.75) is 25.7 Å². The number of amides is 1. The van der Waals surface area contributed by atoms with Gasteiger partial charge in [0.2, 0.25) is 5.91 Å². The molecule has 0 unspecified atom stereocenters. The summed E-state index contributed by atoms with van der Waals surface area (Å²) in [5.41, 5.74) is 0.843. The number of carbonyl (C=O) groups excluding carboxylic acids is 1. The summed E-state index contributed by atoms with van der Waals surface area (Å²) in [4.78, 5) is 24.1. The van der Waals surface area contributed by atoms with Crippen LogP contribution in [0.3, 0.4) is 0 Å². The van der Waals surface area contributed by atoms with Gasteiger partial charge >= 0.3 is 5.97 Å². The van der Waals surface area contributed by atoms with Gasteiger partial charge in [0, 0.05) is 13.6 Å². The minimum Gasteiger partial charge on any atom is -0.478 e. The molecule has 1 N–H and O–H groups in total. The Bertz CT molecular complexity index is 679. The lowest BCUT2D eigenvalue weighted by molar-refractivity contribution is -0.126. The molecular formula is C14H19NO5S. The van der Waals surface area contributed by atoms with Gasteiger partial charge in [-0.3, -0.25) is 4.79 Å². The predicted octanol–water partition coefficient (Wildman–Crippen LogP) is 1.25. The lowest BCUT2D eigenvalue weighted by Gasteiger charge is -2.15. The molecule has 0 fully saturated rings. The molecule has 0 radical (unpaired) electrons. The number of aryl methyl sites for hydroxylation is 2. The SMILES string of the molecule is CCN(C)C(=O)CS(=O)(=O)c1cc(C(=O)O)c(C)cc1C. The number of benzene rings is 1. The average molecular weight is 313 g/mol. The molecule has 0 saturated carbocycles. The molecule has 1 aromatic carbocycles. The molecule has 0 heterocycles. The van der Waals surface area contributed by atoms with Crippen LogP contribution < -0.4 is 0 Å². The molecule has 0 aliphatic rings. The van der Waals surface area contributed by atoms with Crippen LogP contribution in [-0.2, 0) is 14.6 Å². The van der Waals surface area contributed by atoms with Crippen molar-refractivity contribution < 1.29 is 23.1 Å². The zero-order valence-corrected chi connectivity index (χ0v) is 13.3. The van der Waals surface area contributed by atoms with Gasteiger partial charge in [-0.05, 0) is 38.0 Å². The van der Waals surface area contributed by atoms with Crippen LogP contribution in [0.15, 0.2) is 17.0 Å². The first-order valence-electron chi connectivity index (χ1n) is 6.41. The number of carboxylic acid groups (broad SMARTS) is 1. The number of rotatable bonds is 5. The summed E-state index contributed by atoms with van der Waals surface area (Å²) in [5, 5.41) is 9.08. The highest BCUT2D eigenvalue weighted by molar-refractivity contribution is 7.92. The van der Waals surface area contributed by atoms with Gasteiger partial charge in [0.25, 0.3) is 0 Å². The van der Waals surface area contributed by atoms with Crippen LogP contribution in [0.5, 0.6) is 0 Å². The number of carboxylic acids is 1. The van der Waals surface area contributed by atoms with Crippen molar-refractivity contribution in [1.82, 2.24) is 4.90 Å². The molecule has 1 rings (SSSR count). The molecule has 0 atom stereocenters. The van der Waals surface area contributed by atoms with Crippen LogP contribution in [0, 0.1) is 13.8 Å². The van der Waals surface area contributed by atoms with E-state index in [0.717, 1.165) is 6.07 Å². The fourth-order valence-corrected chi connectivity index (χ4v) is 3.47. The Morgan fingerprint density at radius 2 is 1.76 bits per heavy atom. The summed E-state index contributed by atoms with van der Waals surface area (Å²) < 4.78 is 24.7. The topological polar surface area (TPSA) is 91.8 Å². The first-order chi connectivity index (χ1) is 9.60. The lowest BCUT2D eigenvalue weighted by Crippen LogP contribution is -2.32. The molecular weight excluding hydrogens is 294 g/mol. The van der Waals surface area contributed by atoms with E-state index in [0.29, 0.717) is 17.7 Å². The number of hydrogen-bond donors (Lipinski definition) is 1. The Morgan fingerprint density at radius 3 is 2.24 bits per heavy atom. The molecule has 0 aliphatic heterocycles. The van der Waals surface area contributed by atoms with Gasteiger partial charge in [-0.2, -0.15) is 0 Å². The molecule has 1 aromatic rings.